The first-order valence-electron chi connectivity index (χ1n) is 6.57. The van der Waals surface area contributed by atoms with Crippen LogP contribution in [-0.2, 0) is 20.0 Å². The van der Waals surface area contributed by atoms with Crippen LogP contribution in [0.4, 0.5) is 5.69 Å². The zero-order valence-electron chi connectivity index (χ0n) is 11.4. The smallest absolute Gasteiger partial charge is 0.110 e. The molecule has 0 aliphatic rings. The molecule has 2 N–H and O–H groups in total. The van der Waals surface area contributed by atoms with E-state index in [1.165, 1.54) is 0 Å². The van der Waals surface area contributed by atoms with Gasteiger partial charge in [-0.25, -0.2) is 4.98 Å². The lowest BCUT2D eigenvalue weighted by atomic mass is 10.1. The van der Waals surface area contributed by atoms with Gasteiger partial charge < -0.3 is 10.3 Å². The molecule has 0 unspecified atom stereocenters. The maximum absolute atomic E-state index is 5.80. The summed E-state index contributed by atoms with van der Waals surface area (Å²) in [4.78, 5) is 4.31. The van der Waals surface area contributed by atoms with Gasteiger partial charge in [0.05, 0.1) is 6.20 Å². The summed E-state index contributed by atoms with van der Waals surface area (Å²) in [6.07, 6.45) is 8.54. The zero-order chi connectivity index (χ0) is 13.9. The second-order valence-corrected chi connectivity index (χ2v) is 4.82. The van der Waals surface area contributed by atoms with Crippen LogP contribution in [0, 0.1) is 0 Å². The molecule has 102 valence electrons. The fourth-order valence-corrected chi connectivity index (χ4v) is 2.21. The van der Waals surface area contributed by atoms with E-state index in [9.17, 15) is 0 Å². The Morgan fingerprint density at radius 3 is 2.90 bits per heavy atom. The summed E-state index contributed by atoms with van der Waals surface area (Å²) in [5, 5.41) is 4.39. The molecular formula is C15H17N5. The van der Waals surface area contributed by atoms with Gasteiger partial charge in [-0.05, 0) is 17.7 Å². The van der Waals surface area contributed by atoms with Crippen LogP contribution >= 0.6 is 0 Å². The zero-order valence-corrected chi connectivity index (χ0v) is 11.4. The molecule has 0 fully saturated rings. The summed E-state index contributed by atoms with van der Waals surface area (Å²) in [5.41, 5.74) is 8.74. The van der Waals surface area contributed by atoms with E-state index in [-0.39, 0.29) is 0 Å². The summed E-state index contributed by atoms with van der Waals surface area (Å²) in [6.45, 7) is 0.813. The van der Waals surface area contributed by atoms with Crippen molar-refractivity contribution in [2.75, 3.05) is 5.73 Å². The van der Waals surface area contributed by atoms with Crippen molar-refractivity contribution in [2.24, 2.45) is 7.05 Å². The van der Waals surface area contributed by atoms with Gasteiger partial charge in [-0.2, -0.15) is 5.10 Å². The summed E-state index contributed by atoms with van der Waals surface area (Å²) in [5.74, 6) is 1.06. The first-order chi connectivity index (χ1) is 9.72. The van der Waals surface area contributed by atoms with Crippen molar-refractivity contribution in [3.8, 4) is 11.1 Å². The summed E-state index contributed by atoms with van der Waals surface area (Å²) in [7, 11) is 2.00. The highest BCUT2D eigenvalue weighted by atomic mass is 15.3. The minimum atomic E-state index is 0.767. The first kappa shape index (κ1) is 12.5. The van der Waals surface area contributed by atoms with Crippen LogP contribution in [0.5, 0.6) is 0 Å². The van der Waals surface area contributed by atoms with E-state index in [0.717, 1.165) is 35.6 Å². The highest BCUT2D eigenvalue weighted by Crippen LogP contribution is 2.20. The molecule has 0 saturated carbocycles. The Morgan fingerprint density at radius 1 is 1.25 bits per heavy atom. The lowest BCUT2D eigenvalue weighted by molar-refractivity contribution is 0.589. The Balaban J connectivity index is 1.72. The normalized spacial score (nSPS) is 10.8. The number of aryl methyl sites for hydroxylation is 3. The number of aromatic nitrogens is 4. The molecule has 1 aromatic carbocycles. The van der Waals surface area contributed by atoms with E-state index in [1.807, 2.05) is 65.3 Å². The first-order valence-corrected chi connectivity index (χ1v) is 6.57. The molecule has 20 heavy (non-hydrogen) atoms. The van der Waals surface area contributed by atoms with E-state index >= 15 is 0 Å². The molecule has 3 aromatic rings. The predicted molar refractivity (Wildman–Crippen MR) is 79.0 cm³/mol. The van der Waals surface area contributed by atoms with Gasteiger partial charge in [-0.3, -0.25) is 4.68 Å². The van der Waals surface area contributed by atoms with Crippen molar-refractivity contribution in [1.82, 2.24) is 19.3 Å². The predicted octanol–water partition coefficient (Wildman–Crippen LogP) is 2.11. The van der Waals surface area contributed by atoms with Gasteiger partial charge in [0.15, 0.2) is 0 Å². The van der Waals surface area contributed by atoms with Gasteiger partial charge in [0.1, 0.15) is 5.82 Å². The van der Waals surface area contributed by atoms with Gasteiger partial charge >= 0.3 is 0 Å². The van der Waals surface area contributed by atoms with Gasteiger partial charge in [0.2, 0.25) is 0 Å². The fraction of sp³-hybridized carbons (Fsp3) is 0.200. The summed E-state index contributed by atoms with van der Waals surface area (Å²) in [6, 6.07) is 7.83. The third-order valence-corrected chi connectivity index (χ3v) is 3.34. The van der Waals surface area contributed by atoms with Gasteiger partial charge in [0, 0.05) is 49.9 Å². The molecule has 0 spiro atoms. The quantitative estimate of drug-likeness (QED) is 0.736. The lowest BCUT2D eigenvalue weighted by Gasteiger charge is -2.02. The number of nitrogen functional groups attached to an aromatic ring is 1. The number of hydrogen-bond acceptors (Lipinski definition) is 3. The van der Waals surface area contributed by atoms with Crippen molar-refractivity contribution in [1.29, 1.82) is 0 Å². The molecule has 0 bridgehead atoms. The van der Waals surface area contributed by atoms with Crippen molar-refractivity contribution >= 4 is 5.69 Å². The van der Waals surface area contributed by atoms with Crippen molar-refractivity contribution in [3.05, 3.63) is 54.9 Å². The topological polar surface area (TPSA) is 61.7 Å². The van der Waals surface area contributed by atoms with Crippen LogP contribution < -0.4 is 5.73 Å². The number of hydrogen-bond donors (Lipinski definition) is 1. The lowest BCUT2D eigenvalue weighted by Crippen LogP contribution is -2.05. The van der Waals surface area contributed by atoms with Crippen molar-refractivity contribution in [2.45, 2.75) is 13.0 Å². The minimum absolute atomic E-state index is 0.767. The second-order valence-electron chi connectivity index (χ2n) is 4.82. The minimum Gasteiger partial charge on any atom is -0.399 e. The van der Waals surface area contributed by atoms with E-state index in [2.05, 4.69) is 10.1 Å². The number of nitrogens with two attached hydrogens (primary N) is 1. The molecule has 0 saturated heterocycles. The number of nitrogens with zero attached hydrogens (tertiary/aromatic N) is 4. The summed E-state index contributed by atoms with van der Waals surface area (Å²) >= 11 is 0. The Kier molecular flexibility index (Phi) is 3.25. The Bertz CT molecular complexity index is 710. The number of anilines is 1. The molecule has 5 heteroatoms. The van der Waals surface area contributed by atoms with E-state index in [0.29, 0.717) is 0 Å². The second kappa shape index (κ2) is 5.21. The molecular weight excluding hydrogens is 250 g/mol. The third-order valence-electron chi connectivity index (χ3n) is 3.34. The molecule has 2 aromatic heterocycles. The number of imidazole rings is 1. The molecule has 0 aliphatic carbocycles. The van der Waals surface area contributed by atoms with E-state index < -0.39 is 0 Å². The Morgan fingerprint density at radius 2 is 2.15 bits per heavy atom. The molecule has 0 atom stereocenters. The molecule has 0 radical (unpaired) electrons. The average Bonchev–Trinajstić information content (AvgIpc) is 3.05. The third kappa shape index (κ3) is 2.56. The SMILES string of the molecule is Cn1ccnc1CCn1cc(-c2cccc(N)c2)cn1. The molecule has 5 nitrogen and oxygen atoms in total. The van der Waals surface area contributed by atoms with Gasteiger partial charge in [-0.1, -0.05) is 12.1 Å². The van der Waals surface area contributed by atoms with E-state index in [4.69, 9.17) is 5.73 Å². The monoisotopic (exact) mass is 267 g/mol. The van der Waals surface area contributed by atoms with Crippen LogP contribution in [0.25, 0.3) is 11.1 Å². The highest BCUT2D eigenvalue weighted by Gasteiger charge is 2.04. The Labute approximate surface area is 117 Å². The van der Waals surface area contributed by atoms with Crippen molar-refractivity contribution in [3.63, 3.8) is 0 Å². The maximum Gasteiger partial charge on any atom is 0.110 e. The summed E-state index contributed by atoms with van der Waals surface area (Å²) < 4.78 is 3.97. The van der Waals surface area contributed by atoms with Gasteiger partial charge in [0.25, 0.3) is 0 Å². The number of benzene rings is 1. The molecule has 0 amide bonds. The van der Waals surface area contributed by atoms with Crippen LogP contribution in [0.15, 0.2) is 49.1 Å². The van der Waals surface area contributed by atoms with E-state index in [1.54, 1.807) is 0 Å². The van der Waals surface area contributed by atoms with Crippen LogP contribution in [0.3, 0.4) is 0 Å². The van der Waals surface area contributed by atoms with Crippen molar-refractivity contribution < 1.29 is 0 Å². The van der Waals surface area contributed by atoms with Crippen LogP contribution in [-0.4, -0.2) is 19.3 Å². The standard InChI is InChI=1S/C15H17N5/c1-19-8-6-17-15(19)5-7-20-11-13(10-18-20)12-3-2-4-14(16)9-12/h2-4,6,8-11H,5,7,16H2,1H3. The maximum atomic E-state index is 5.80. The van der Waals surface area contributed by atoms with Crippen LogP contribution in [0.1, 0.15) is 5.82 Å². The average molecular weight is 267 g/mol. The highest BCUT2D eigenvalue weighted by molar-refractivity contribution is 5.65. The Hall–Kier alpha value is -2.56. The molecule has 3 rings (SSSR count). The largest absolute Gasteiger partial charge is 0.399 e. The molecule has 0 aliphatic heterocycles. The fourth-order valence-electron chi connectivity index (χ4n) is 2.21. The number of rotatable bonds is 4. The van der Waals surface area contributed by atoms with Gasteiger partial charge in [-0.15, -0.1) is 0 Å². The molecule has 2 heterocycles. The van der Waals surface area contributed by atoms with Crippen LogP contribution in [0.2, 0.25) is 0 Å².